The molecule has 1 aromatic rings. The highest BCUT2D eigenvalue weighted by atomic mass is 16.5. The maximum absolute atomic E-state index is 12.3. The smallest absolute Gasteiger partial charge is 0.167 e. The number of fused-ring (bicyclic) bond motifs is 1. The molecule has 0 radical (unpaired) electrons. The molecule has 1 aromatic heterocycles. The lowest BCUT2D eigenvalue weighted by molar-refractivity contribution is 0.0913. The molecule has 3 rings (SSSR count). The monoisotopic (exact) mass is 245 g/mol. The van der Waals surface area contributed by atoms with Gasteiger partial charge in [-0.1, -0.05) is 6.92 Å². The summed E-state index contributed by atoms with van der Waals surface area (Å²) in [5.74, 6) is 2.89. The molecule has 0 aliphatic heterocycles. The van der Waals surface area contributed by atoms with E-state index in [2.05, 4.69) is 11.9 Å². The maximum Gasteiger partial charge on any atom is 0.167 e. The normalized spacial score (nSPS) is 28.8. The first-order valence-electron chi connectivity index (χ1n) is 6.90. The van der Waals surface area contributed by atoms with E-state index in [1.165, 1.54) is 6.42 Å². The van der Waals surface area contributed by atoms with Gasteiger partial charge in [0.15, 0.2) is 5.78 Å². The Morgan fingerprint density at radius 1 is 1.33 bits per heavy atom. The number of ether oxygens (including phenoxy) is 1. The summed E-state index contributed by atoms with van der Waals surface area (Å²) >= 11 is 0. The van der Waals surface area contributed by atoms with E-state index in [9.17, 15) is 4.79 Å². The average Bonchev–Trinajstić information content (AvgIpc) is 3.02. The van der Waals surface area contributed by atoms with Crippen LogP contribution in [0.2, 0.25) is 0 Å². The highest BCUT2D eigenvalue weighted by Crippen LogP contribution is 2.54. The first kappa shape index (κ1) is 11.7. The van der Waals surface area contributed by atoms with Crippen LogP contribution in [-0.4, -0.2) is 17.4 Å². The molecule has 0 saturated heterocycles. The van der Waals surface area contributed by atoms with Crippen LogP contribution in [0.5, 0.6) is 5.75 Å². The van der Waals surface area contributed by atoms with Gasteiger partial charge < -0.3 is 4.74 Å². The Balaban J connectivity index is 1.68. The van der Waals surface area contributed by atoms with Crippen LogP contribution in [0.25, 0.3) is 0 Å². The summed E-state index contributed by atoms with van der Waals surface area (Å²) < 4.78 is 5.52. The van der Waals surface area contributed by atoms with Crippen molar-refractivity contribution in [3.63, 3.8) is 0 Å². The lowest BCUT2D eigenvalue weighted by atomic mass is 9.94. The lowest BCUT2D eigenvalue weighted by Gasteiger charge is -2.11. The topological polar surface area (TPSA) is 39.2 Å². The van der Waals surface area contributed by atoms with E-state index >= 15 is 0 Å². The van der Waals surface area contributed by atoms with E-state index in [0.29, 0.717) is 12.4 Å². The molecule has 2 atom stereocenters. The minimum atomic E-state index is 0.233. The van der Waals surface area contributed by atoms with Gasteiger partial charge in [-0.3, -0.25) is 9.78 Å². The molecule has 0 amide bonds. The number of carbonyl (C=O) groups excluding carboxylic acids is 1. The summed E-state index contributed by atoms with van der Waals surface area (Å²) in [6, 6.07) is 1.84. The van der Waals surface area contributed by atoms with E-state index in [-0.39, 0.29) is 11.7 Å². The molecule has 0 aromatic carbocycles. The highest BCUT2D eigenvalue weighted by Gasteiger charge is 2.48. The Hall–Kier alpha value is -1.38. The van der Waals surface area contributed by atoms with Crippen molar-refractivity contribution >= 4 is 5.78 Å². The second kappa shape index (κ2) is 4.71. The minimum Gasteiger partial charge on any atom is -0.492 e. The first-order valence-corrected chi connectivity index (χ1v) is 6.90. The highest BCUT2D eigenvalue weighted by molar-refractivity contribution is 5.98. The first-order chi connectivity index (χ1) is 8.78. The summed E-state index contributed by atoms with van der Waals surface area (Å²) in [4.78, 5) is 16.5. The van der Waals surface area contributed by atoms with Gasteiger partial charge in [0, 0.05) is 17.7 Å². The number of hydrogen-bond donors (Lipinski definition) is 0. The molecule has 2 saturated carbocycles. The molecule has 2 aliphatic carbocycles. The number of rotatable bonds is 5. The van der Waals surface area contributed by atoms with E-state index < -0.39 is 0 Å². The number of Topliss-reactive ketones (excluding diaryl/α,β-unsaturated/α-hetero) is 1. The summed E-state index contributed by atoms with van der Waals surface area (Å²) in [5, 5.41) is 0. The molecule has 0 bridgehead atoms. The van der Waals surface area contributed by atoms with E-state index in [1.807, 2.05) is 6.07 Å². The van der Waals surface area contributed by atoms with Gasteiger partial charge in [-0.2, -0.15) is 0 Å². The zero-order valence-electron chi connectivity index (χ0n) is 10.8. The van der Waals surface area contributed by atoms with Crippen LogP contribution in [0.3, 0.4) is 0 Å². The van der Waals surface area contributed by atoms with Crippen molar-refractivity contribution in [1.82, 2.24) is 4.98 Å². The fraction of sp³-hybridized carbons (Fsp3) is 0.600. The van der Waals surface area contributed by atoms with Crippen LogP contribution >= 0.6 is 0 Å². The molecule has 0 spiro atoms. The van der Waals surface area contributed by atoms with Gasteiger partial charge in [0.1, 0.15) is 5.75 Å². The van der Waals surface area contributed by atoms with Crippen LogP contribution in [0, 0.1) is 17.8 Å². The summed E-state index contributed by atoms with van der Waals surface area (Å²) in [7, 11) is 0. The number of ketones is 1. The molecule has 3 nitrogen and oxygen atoms in total. The fourth-order valence-electron chi connectivity index (χ4n) is 3.02. The number of pyridine rings is 1. The Morgan fingerprint density at radius 2 is 2.11 bits per heavy atom. The van der Waals surface area contributed by atoms with Crippen LogP contribution in [0.4, 0.5) is 0 Å². The van der Waals surface area contributed by atoms with E-state index in [1.54, 1.807) is 12.4 Å². The van der Waals surface area contributed by atoms with Crippen molar-refractivity contribution in [3.05, 3.63) is 24.0 Å². The summed E-state index contributed by atoms with van der Waals surface area (Å²) in [6.07, 6.45) is 7.84. The van der Waals surface area contributed by atoms with Gasteiger partial charge in [-0.15, -0.1) is 0 Å². The molecule has 2 fully saturated rings. The Kier molecular flexibility index (Phi) is 3.06. The summed E-state index contributed by atoms with van der Waals surface area (Å²) in [5.41, 5.74) is 0.718. The molecule has 2 aliphatic rings. The van der Waals surface area contributed by atoms with Crippen LogP contribution < -0.4 is 4.74 Å². The van der Waals surface area contributed by atoms with Crippen LogP contribution in [0.1, 0.15) is 43.0 Å². The Bertz CT molecular complexity index is 448. The quantitative estimate of drug-likeness (QED) is 0.748. The van der Waals surface area contributed by atoms with E-state index in [0.717, 1.165) is 36.7 Å². The van der Waals surface area contributed by atoms with Gasteiger partial charge in [0.25, 0.3) is 0 Å². The summed E-state index contributed by atoms with van der Waals surface area (Å²) in [6.45, 7) is 2.74. The van der Waals surface area contributed by atoms with Gasteiger partial charge in [0.05, 0.1) is 12.8 Å². The molecule has 0 N–H and O–H groups in total. The molecule has 1 heterocycles. The number of carbonyl (C=O) groups is 1. The third-order valence-electron chi connectivity index (χ3n) is 4.08. The molecule has 18 heavy (non-hydrogen) atoms. The minimum absolute atomic E-state index is 0.233. The number of aromatic nitrogens is 1. The van der Waals surface area contributed by atoms with Gasteiger partial charge in [-0.25, -0.2) is 0 Å². The van der Waals surface area contributed by atoms with Crippen molar-refractivity contribution in [2.45, 2.75) is 32.6 Å². The molecular formula is C15H19NO2. The predicted octanol–water partition coefficient (Wildman–Crippen LogP) is 3.10. The maximum atomic E-state index is 12.3. The molecular weight excluding hydrogens is 226 g/mol. The standard InChI is InChI=1S/C15H19NO2/c1-2-3-18-14-7-13(8-16-9-14)15(17)12-5-10-4-11(10)6-12/h7-12H,2-6H2,1H3. The third kappa shape index (κ3) is 2.26. The van der Waals surface area contributed by atoms with Crippen molar-refractivity contribution in [2.24, 2.45) is 17.8 Å². The van der Waals surface area contributed by atoms with Gasteiger partial charge in [-0.05, 0) is 43.6 Å². The molecule has 2 unspecified atom stereocenters. The lowest BCUT2D eigenvalue weighted by Crippen LogP contribution is -2.13. The third-order valence-corrected chi connectivity index (χ3v) is 4.08. The number of nitrogens with zero attached hydrogens (tertiary/aromatic N) is 1. The fourth-order valence-corrected chi connectivity index (χ4v) is 3.02. The SMILES string of the molecule is CCCOc1cncc(C(=O)C2CC3CC3C2)c1. The molecule has 96 valence electrons. The number of hydrogen-bond acceptors (Lipinski definition) is 3. The van der Waals surface area contributed by atoms with Crippen molar-refractivity contribution in [3.8, 4) is 5.75 Å². The van der Waals surface area contributed by atoms with Crippen molar-refractivity contribution < 1.29 is 9.53 Å². The van der Waals surface area contributed by atoms with Crippen molar-refractivity contribution in [1.29, 1.82) is 0 Å². The largest absolute Gasteiger partial charge is 0.492 e. The van der Waals surface area contributed by atoms with Crippen LogP contribution in [-0.2, 0) is 0 Å². The zero-order valence-corrected chi connectivity index (χ0v) is 10.8. The predicted molar refractivity (Wildman–Crippen MR) is 68.7 cm³/mol. The van der Waals surface area contributed by atoms with Gasteiger partial charge in [0.2, 0.25) is 0 Å². The van der Waals surface area contributed by atoms with E-state index in [4.69, 9.17) is 4.74 Å². The Morgan fingerprint density at radius 3 is 2.83 bits per heavy atom. The van der Waals surface area contributed by atoms with Gasteiger partial charge >= 0.3 is 0 Å². The van der Waals surface area contributed by atoms with Crippen molar-refractivity contribution in [2.75, 3.05) is 6.61 Å². The molecule has 3 heteroatoms. The van der Waals surface area contributed by atoms with Crippen LogP contribution in [0.15, 0.2) is 18.5 Å². The Labute approximate surface area is 108 Å². The second-order valence-corrected chi connectivity index (χ2v) is 5.55. The second-order valence-electron chi connectivity index (χ2n) is 5.55. The zero-order chi connectivity index (χ0) is 12.5. The average molecular weight is 245 g/mol.